The molecule has 3 aromatic rings. The lowest BCUT2D eigenvalue weighted by Gasteiger charge is -2.18. The summed E-state index contributed by atoms with van der Waals surface area (Å²) in [4.78, 5) is 16.8. The number of benzene rings is 2. The molecule has 0 fully saturated rings. The zero-order valence-corrected chi connectivity index (χ0v) is 19.1. The average Bonchev–Trinajstić information content (AvgIpc) is 2.75. The van der Waals surface area contributed by atoms with Crippen LogP contribution in [0.2, 0.25) is 0 Å². The minimum atomic E-state index is -4.72. The van der Waals surface area contributed by atoms with Gasteiger partial charge in [-0.3, -0.25) is 9.78 Å². The Balaban J connectivity index is 1.93. The van der Waals surface area contributed by atoms with Crippen molar-refractivity contribution in [3.63, 3.8) is 0 Å². The summed E-state index contributed by atoms with van der Waals surface area (Å²) < 4.78 is 61.5. The molecule has 0 saturated heterocycles. The van der Waals surface area contributed by atoms with Crippen LogP contribution >= 0.6 is 0 Å². The predicted octanol–water partition coefficient (Wildman–Crippen LogP) is 5.42. The first kappa shape index (κ1) is 24.4. The third kappa shape index (κ3) is 5.40. The highest BCUT2D eigenvalue weighted by Crippen LogP contribution is 2.34. The number of rotatable bonds is 6. The first-order valence-corrected chi connectivity index (χ1v) is 10.9. The van der Waals surface area contributed by atoms with Gasteiger partial charge in [0.25, 0.3) is 5.91 Å². The molecule has 1 unspecified atom stereocenters. The lowest BCUT2D eigenvalue weighted by Crippen LogP contribution is -2.21. The maximum Gasteiger partial charge on any atom is 0.417 e. The number of anilines is 2. The Morgan fingerprint density at radius 2 is 1.76 bits per heavy atom. The molecular weight excluding hydrogens is 455 g/mol. The lowest BCUT2D eigenvalue weighted by atomic mass is 10.1. The van der Waals surface area contributed by atoms with Crippen molar-refractivity contribution in [2.75, 3.05) is 17.1 Å². The van der Waals surface area contributed by atoms with Gasteiger partial charge in [-0.15, -0.1) is 0 Å². The number of carbonyl (C=O) groups excluding carboxylic acids is 1. The second-order valence-corrected chi connectivity index (χ2v) is 8.46. The highest BCUT2D eigenvalue weighted by atomic mass is 32.2. The van der Waals surface area contributed by atoms with Crippen LogP contribution in [0.15, 0.2) is 53.6 Å². The Labute approximate surface area is 192 Å². The van der Waals surface area contributed by atoms with E-state index in [1.165, 1.54) is 32.2 Å². The average molecular weight is 478 g/mol. The van der Waals surface area contributed by atoms with Gasteiger partial charge in [-0.2, -0.15) is 13.2 Å². The number of amides is 1. The second-order valence-electron chi connectivity index (χ2n) is 7.27. The molecule has 0 aliphatic rings. The monoisotopic (exact) mass is 477 g/mol. The number of para-hydroxylation sites is 1. The third-order valence-electron chi connectivity index (χ3n) is 4.97. The maximum atomic E-state index is 13.4. The first-order chi connectivity index (χ1) is 15.5. The summed E-state index contributed by atoms with van der Waals surface area (Å²) in [6, 6.07) is 10.7. The molecule has 0 aliphatic heterocycles. The van der Waals surface area contributed by atoms with E-state index in [1.54, 1.807) is 0 Å². The van der Waals surface area contributed by atoms with Crippen LogP contribution in [-0.2, 0) is 17.5 Å². The van der Waals surface area contributed by atoms with E-state index in [1.807, 2.05) is 32.0 Å². The van der Waals surface area contributed by atoms with Crippen molar-refractivity contribution in [1.29, 1.82) is 0 Å². The van der Waals surface area contributed by atoms with Gasteiger partial charge in [0.05, 0.1) is 29.6 Å². The zero-order valence-electron chi connectivity index (χ0n) is 18.3. The van der Waals surface area contributed by atoms with Gasteiger partial charge in [-0.25, -0.2) is 4.72 Å². The van der Waals surface area contributed by atoms with Crippen molar-refractivity contribution in [2.45, 2.75) is 31.8 Å². The standard InChI is InChI=1S/C23H22F3N3O3S/c1-13-6-5-7-14(2)21(13)29-33(31)19-12-16(8-9-18(19)32-4)28-22(30)20-15(3)27-11-10-17(20)23(24,25)26/h5-12,29H,1-4H3,(H,28,30). The number of alkyl halides is 3. The summed E-state index contributed by atoms with van der Waals surface area (Å²) in [6.45, 7) is 5.07. The van der Waals surface area contributed by atoms with Crippen molar-refractivity contribution in [3.8, 4) is 5.75 Å². The summed E-state index contributed by atoms with van der Waals surface area (Å²) >= 11 is -1.78. The fraction of sp³-hybridized carbons (Fsp3) is 0.217. The van der Waals surface area contributed by atoms with Gasteiger partial charge in [0.15, 0.2) is 5.75 Å². The molecule has 0 aliphatic carbocycles. The quantitative estimate of drug-likeness (QED) is 0.463. The molecule has 0 spiro atoms. The van der Waals surface area contributed by atoms with Crippen LogP contribution in [0.4, 0.5) is 24.5 Å². The fourth-order valence-corrected chi connectivity index (χ4v) is 4.49. The van der Waals surface area contributed by atoms with Gasteiger partial charge in [0.1, 0.15) is 11.4 Å². The first-order valence-electron chi connectivity index (χ1n) is 9.79. The number of carbonyl (C=O) groups is 1. The fourth-order valence-electron chi connectivity index (χ4n) is 3.31. The molecule has 1 heterocycles. The zero-order chi connectivity index (χ0) is 24.3. The molecule has 33 heavy (non-hydrogen) atoms. The molecule has 2 N–H and O–H groups in total. The number of nitrogens with one attached hydrogen (secondary N) is 2. The normalized spacial score (nSPS) is 12.2. The maximum absolute atomic E-state index is 13.4. The summed E-state index contributed by atoms with van der Waals surface area (Å²) in [6.07, 6.45) is -3.72. The number of halogens is 3. The third-order valence-corrected chi connectivity index (χ3v) is 6.08. The van der Waals surface area contributed by atoms with Gasteiger partial charge in [-0.1, -0.05) is 18.2 Å². The van der Waals surface area contributed by atoms with Gasteiger partial charge in [-0.05, 0) is 50.1 Å². The van der Waals surface area contributed by atoms with Crippen molar-refractivity contribution in [1.82, 2.24) is 4.98 Å². The molecule has 1 atom stereocenters. The summed E-state index contributed by atoms with van der Waals surface area (Å²) in [7, 11) is 1.40. The van der Waals surface area contributed by atoms with Crippen LogP contribution in [-0.4, -0.2) is 22.6 Å². The molecule has 1 amide bonds. The van der Waals surface area contributed by atoms with Crippen molar-refractivity contribution in [2.24, 2.45) is 0 Å². The smallest absolute Gasteiger partial charge is 0.417 e. The number of ether oxygens (including phenoxy) is 1. The largest absolute Gasteiger partial charge is 0.588 e. The molecular formula is C23H22F3N3O3S. The Kier molecular flexibility index (Phi) is 7.19. The SMILES string of the molecule is COc1ccc(NC(=O)c2c(C(F)(F)F)ccnc2C)cc1[S+]([O-])Nc1c(C)cccc1C. The number of hydrogen-bond donors (Lipinski definition) is 2. The molecule has 3 rings (SSSR count). The number of aryl methyl sites for hydroxylation is 3. The molecule has 174 valence electrons. The number of nitrogens with zero attached hydrogens (tertiary/aromatic N) is 1. The predicted molar refractivity (Wildman–Crippen MR) is 121 cm³/mol. The van der Waals surface area contributed by atoms with Crippen LogP contribution in [0.1, 0.15) is 32.7 Å². The molecule has 6 nitrogen and oxygen atoms in total. The minimum absolute atomic E-state index is 0.0590. The summed E-state index contributed by atoms with van der Waals surface area (Å²) in [5, 5.41) is 2.45. The van der Waals surface area contributed by atoms with Crippen molar-refractivity contribution < 1.29 is 27.3 Å². The Bertz CT molecular complexity index is 1170. The molecule has 2 aromatic carbocycles. The Morgan fingerprint density at radius 3 is 2.36 bits per heavy atom. The van der Waals surface area contributed by atoms with E-state index < -0.39 is 34.6 Å². The van der Waals surface area contributed by atoms with E-state index >= 15 is 0 Å². The van der Waals surface area contributed by atoms with Crippen LogP contribution in [0.3, 0.4) is 0 Å². The minimum Gasteiger partial charge on any atom is -0.588 e. The molecule has 0 saturated carbocycles. The van der Waals surface area contributed by atoms with Gasteiger partial charge < -0.3 is 14.6 Å². The van der Waals surface area contributed by atoms with Gasteiger partial charge >= 0.3 is 6.18 Å². The molecule has 10 heteroatoms. The van der Waals surface area contributed by atoms with Crippen LogP contribution in [0, 0.1) is 20.8 Å². The Hall–Kier alpha value is -3.24. The van der Waals surface area contributed by atoms with E-state index in [4.69, 9.17) is 4.74 Å². The van der Waals surface area contributed by atoms with E-state index in [0.29, 0.717) is 11.4 Å². The van der Waals surface area contributed by atoms with Crippen molar-refractivity contribution in [3.05, 3.63) is 76.6 Å². The summed E-state index contributed by atoms with van der Waals surface area (Å²) in [5.74, 6) is -0.684. The summed E-state index contributed by atoms with van der Waals surface area (Å²) in [5.41, 5.74) is 0.906. The van der Waals surface area contributed by atoms with E-state index in [9.17, 15) is 22.5 Å². The van der Waals surface area contributed by atoms with E-state index in [-0.39, 0.29) is 16.3 Å². The van der Waals surface area contributed by atoms with E-state index in [0.717, 1.165) is 23.4 Å². The number of methoxy groups -OCH3 is 1. The van der Waals surface area contributed by atoms with Gasteiger partial charge in [0, 0.05) is 18.0 Å². The molecule has 0 bridgehead atoms. The highest BCUT2D eigenvalue weighted by molar-refractivity contribution is 7.92. The van der Waals surface area contributed by atoms with Crippen LogP contribution in [0.5, 0.6) is 5.75 Å². The van der Waals surface area contributed by atoms with Crippen LogP contribution in [0.25, 0.3) is 0 Å². The number of aromatic nitrogens is 1. The van der Waals surface area contributed by atoms with Crippen LogP contribution < -0.4 is 14.8 Å². The highest BCUT2D eigenvalue weighted by Gasteiger charge is 2.36. The topological polar surface area (TPSA) is 86.3 Å². The number of pyridine rings is 1. The molecule has 1 aromatic heterocycles. The number of hydrogen-bond acceptors (Lipinski definition) is 5. The molecule has 0 radical (unpaired) electrons. The second kappa shape index (κ2) is 9.72. The van der Waals surface area contributed by atoms with Crippen molar-refractivity contribution >= 4 is 28.6 Å². The van der Waals surface area contributed by atoms with Gasteiger partial charge in [0.2, 0.25) is 4.90 Å². The van der Waals surface area contributed by atoms with E-state index in [2.05, 4.69) is 15.0 Å². The lowest BCUT2D eigenvalue weighted by molar-refractivity contribution is -0.138. The Morgan fingerprint density at radius 1 is 1.09 bits per heavy atom.